The van der Waals surface area contributed by atoms with Crippen molar-refractivity contribution in [1.82, 2.24) is 15.6 Å². The zero-order valence-corrected chi connectivity index (χ0v) is 14.8. The largest absolute Gasteiger partial charge is 0.497 e. The number of methoxy groups -OCH3 is 1. The fourth-order valence-electron chi connectivity index (χ4n) is 2.85. The lowest BCUT2D eigenvalue weighted by molar-refractivity contribution is -0.127. The first-order chi connectivity index (χ1) is 12.7. The van der Waals surface area contributed by atoms with E-state index in [1.54, 1.807) is 19.5 Å². The standard InChI is InChI=1S/C20H23N3O3/c1-26-16-6-4-14(5-7-16)8-10-22-19(24)17-11-18(17)20(25)23-13-15-3-2-9-21-12-15/h2-7,9,12,17-18H,8,10-11,13H2,1H3,(H,22,24)(H,23,25). The van der Waals surface area contributed by atoms with Gasteiger partial charge in [0.05, 0.1) is 18.9 Å². The molecule has 6 nitrogen and oxygen atoms in total. The van der Waals surface area contributed by atoms with Crippen molar-refractivity contribution >= 4 is 11.8 Å². The molecule has 136 valence electrons. The number of hydrogen-bond donors (Lipinski definition) is 2. The number of carbonyl (C=O) groups excluding carboxylic acids is 2. The van der Waals surface area contributed by atoms with Crippen LogP contribution in [0, 0.1) is 11.8 Å². The van der Waals surface area contributed by atoms with Crippen LogP contribution in [-0.4, -0.2) is 30.5 Å². The van der Waals surface area contributed by atoms with Crippen molar-refractivity contribution in [3.63, 3.8) is 0 Å². The number of ether oxygens (including phenoxy) is 1. The van der Waals surface area contributed by atoms with Gasteiger partial charge in [-0.15, -0.1) is 0 Å². The Bertz CT molecular complexity index is 747. The Hall–Kier alpha value is -2.89. The zero-order valence-electron chi connectivity index (χ0n) is 14.8. The molecule has 2 atom stereocenters. The van der Waals surface area contributed by atoms with E-state index in [1.165, 1.54) is 0 Å². The molecule has 26 heavy (non-hydrogen) atoms. The lowest BCUT2D eigenvalue weighted by Gasteiger charge is -2.07. The summed E-state index contributed by atoms with van der Waals surface area (Å²) in [5.41, 5.74) is 2.08. The highest BCUT2D eigenvalue weighted by Crippen LogP contribution is 2.38. The van der Waals surface area contributed by atoms with Crippen LogP contribution >= 0.6 is 0 Å². The molecule has 1 fully saturated rings. The molecule has 0 aliphatic heterocycles. The highest BCUT2D eigenvalue weighted by atomic mass is 16.5. The average molecular weight is 353 g/mol. The highest BCUT2D eigenvalue weighted by molar-refractivity contribution is 5.92. The maximum Gasteiger partial charge on any atom is 0.224 e. The molecule has 1 aromatic heterocycles. The Morgan fingerprint density at radius 2 is 1.81 bits per heavy atom. The number of pyridine rings is 1. The Kier molecular flexibility index (Phi) is 5.84. The summed E-state index contributed by atoms with van der Waals surface area (Å²) in [6.07, 6.45) is 4.78. The number of aromatic nitrogens is 1. The maximum absolute atomic E-state index is 12.2. The van der Waals surface area contributed by atoms with Gasteiger partial charge in [-0.3, -0.25) is 14.6 Å². The van der Waals surface area contributed by atoms with Crippen LogP contribution < -0.4 is 15.4 Å². The number of nitrogens with one attached hydrogen (secondary N) is 2. The number of nitrogens with zero attached hydrogens (tertiary/aromatic N) is 1. The van der Waals surface area contributed by atoms with E-state index in [0.717, 1.165) is 23.3 Å². The maximum atomic E-state index is 12.2. The van der Waals surface area contributed by atoms with Crippen LogP contribution in [0.1, 0.15) is 17.5 Å². The van der Waals surface area contributed by atoms with Crippen LogP contribution in [0.5, 0.6) is 5.75 Å². The minimum atomic E-state index is -0.215. The molecule has 1 heterocycles. The summed E-state index contributed by atoms with van der Waals surface area (Å²) in [7, 11) is 1.63. The van der Waals surface area contributed by atoms with Gasteiger partial charge in [0.15, 0.2) is 0 Å². The van der Waals surface area contributed by atoms with E-state index in [0.29, 0.717) is 19.5 Å². The van der Waals surface area contributed by atoms with Crippen molar-refractivity contribution < 1.29 is 14.3 Å². The second-order valence-electron chi connectivity index (χ2n) is 6.42. The molecular weight excluding hydrogens is 330 g/mol. The molecule has 6 heteroatoms. The van der Waals surface area contributed by atoms with Gasteiger partial charge < -0.3 is 15.4 Å². The van der Waals surface area contributed by atoms with Crippen molar-refractivity contribution in [1.29, 1.82) is 0 Å². The smallest absolute Gasteiger partial charge is 0.224 e. The molecule has 0 bridgehead atoms. The SMILES string of the molecule is COc1ccc(CCNC(=O)C2CC2C(=O)NCc2cccnc2)cc1. The number of benzene rings is 1. The summed E-state index contributed by atoms with van der Waals surface area (Å²) in [6, 6.07) is 11.5. The molecule has 1 aliphatic carbocycles. The van der Waals surface area contributed by atoms with Crippen molar-refractivity contribution in [2.24, 2.45) is 11.8 Å². The van der Waals surface area contributed by atoms with Crippen LogP contribution in [0.25, 0.3) is 0 Å². The third kappa shape index (κ3) is 4.81. The van der Waals surface area contributed by atoms with E-state index in [9.17, 15) is 9.59 Å². The average Bonchev–Trinajstić information content (AvgIpc) is 3.48. The molecule has 1 saturated carbocycles. The minimum Gasteiger partial charge on any atom is -0.497 e. The van der Waals surface area contributed by atoms with Gasteiger partial charge in [-0.1, -0.05) is 18.2 Å². The predicted molar refractivity (Wildman–Crippen MR) is 97.4 cm³/mol. The van der Waals surface area contributed by atoms with Crippen LogP contribution in [0.15, 0.2) is 48.8 Å². The van der Waals surface area contributed by atoms with E-state index in [-0.39, 0.29) is 23.7 Å². The van der Waals surface area contributed by atoms with Crippen molar-refractivity contribution in [3.05, 3.63) is 59.9 Å². The number of carbonyl (C=O) groups is 2. The van der Waals surface area contributed by atoms with Gasteiger partial charge in [-0.05, 0) is 42.2 Å². The Balaban J connectivity index is 1.36. The Morgan fingerprint density at radius 1 is 1.08 bits per heavy atom. The second-order valence-corrected chi connectivity index (χ2v) is 6.42. The van der Waals surface area contributed by atoms with Gasteiger partial charge in [-0.25, -0.2) is 0 Å². The van der Waals surface area contributed by atoms with Crippen molar-refractivity contribution in [2.75, 3.05) is 13.7 Å². The molecule has 1 aromatic carbocycles. The molecule has 0 saturated heterocycles. The summed E-state index contributed by atoms with van der Waals surface area (Å²) in [5.74, 6) is 0.285. The number of hydrogen-bond acceptors (Lipinski definition) is 4. The molecule has 2 N–H and O–H groups in total. The molecule has 2 amide bonds. The summed E-state index contributed by atoms with van der Waals surface area (Å²) >= 11 is 0. The molecule has 1 aliphatic rings. The minimum absolute atomic E-state index is 0.0416. The summed E-state index contributed by atoms with van der Waals surface area (Å²) in [5, 5.41) is 5.79. The van der Waals surface area contributed by atoms with Gasteiger partial charge in [0, 0.05) is 25.5 Å². The quantitative estimate of drug-likeness (QED) is 0.757. The molecule has 2 aromatic rings. The summed E-state index contributed by atoms with van der Waals surface area (Å²) in [6.45, 7) is 1.00. The monoisotopic (exact) mass is 353 g/mol. The van der Waals surface area contributed by atoms with Crippen molar-refractivity contribution in [2.45, 2.75) is 19.4 Å². The second kappa shape index (κ2) is 8.47. The van der Waals surface area contributed by atoms with Gasteiger partial charge in [-0.2, -0.15) is 0 Å². The van der Waals surface area contributed by atoms with Gasteiger partial charge in [0.25, 0.3) is 0 Å². The van der Waals surface area contributed by atoms with Crippen LogP contribution in [0.3, 0.4) is 0 Å². The first-order valence-electron chi connectivity index (χ1n) is 8.74. The third-order valence-electron chi connectivity index (χ3n) is 4.53. The summed E-state index contributed by atoms with van der Waals surface area (Å²) in [4.78, 5) is 28.3. The van der Waals surface area contributed by atoms with E-state index in [1.807, 2.05) is 36.4 Å². The Labute approximate surface area is 153 Å². The highest BCUT2D eigenvalue weighted by Gasteiger charge is 2.47. The predicted octanol–water partition coefficient (Wildman–Crippen LogP) is 1.70. The van der Waals surface area contributed by atoms with E-state index in [2.05, 4.69) is 15.6 Å². The summed E-state index contributed by atoms with van der Waals surface area (Å²) < 4.78 is 5.12. The number of rotatable bonds is 8. The first-order valence-corrected chi connectivity index (χ1v) is 8.74. The van der Waals surface area contributed by atoms with Crippen LogP contribution in [-0.2, 0) is 22.6 Å². The lowest BCUT2D eigenvalue weighted by atomic mass is 10.1. The first kappa shape index (κ1) is 17.9. The van der Waals surface area contributed by atoms with Gasteiger partial charge >= 0.3 is 0 Å². The zero-order chi connectivity index (χ0) is 18.4. The van der Waals surface area contributed by atoms with Gasteiger partial charge in [0.2, 0.25) is 11.8 Å². The Morgan fingerprint density at radius 3 is 2.46 bits per heavy atom. The van der Waals surface area contributed by atoms with Crippen LogP contribution in [0.4, 0.5) is 0 Å². The molecule has 0 spiro atoms. The van der Waals surface area contributed by atoms with Gasteiger partial charge in [0.1, 0.15) is 5.75 Å². The fraction of sp³-hybridized carbons (Fsp3) is 0.350. The molecule has 2 unspecified atom stereocenters. The number of amides is 2. The lowest BCUT2D eigenvalue weighted by Crippen LogP contribution is -2.31. The topological polar surface area (TPSA) is 80.3 Å². The van der Waals surface area contributed by atoms with E-state index >= 15 is 0 Å². The van der Waals surface area contributed by atoms with E-state index < -0.39 is 0 Å². The molecular formula is C20H23N3O3. The normalized spacial score (nSPS) is 18.0. The molecule has 3 rings (SSSR count). The van der Waals surface area contributed by atoms with E-state index in [4.69, 9.17) is 4.74 Å². The van der Waals surface area contributed by atoms with Crippen LogP contribution in [0.2, 0.25) is 0 Å². The molecule has 0 radical (unpaired) electrons. The van der Waals surface area contributed by atoms with Crippen molar-refractivity contribution in [3.8, 4) is 5.75 Å². The fourth-order valence-corrected chi connectivity index (χ4v) is 2.85. The third-order valence-corrected chi connectivity index (χ3v) is 4.53.